The molecule has 2 rings (SSSR count). The number of hydrogen-bond acceptors (Lipinski definition) is 3. The van der Waals surface area contributed by atoms with E-state index < -0.39 is 10.0 Å². The lowest BCUT2D eigenvalue weighted by Gasteiger charge is -2.37. The first-order valence-electron chi connectivity index (χ1n) is 6.72. The molecule has 0 bridgehead atoms. The van der Waals surface area contributed by atoms with Crippen LogP contribution in [0.5, 0.6) is 0 Å². The van der Waals surface area contributed by atoms with Gasteiger partial charge in [-0.05, 0) is 50.3 Å². The van der Waals surface area contributed by atoms with Gasteiger partial charge in [0.15, 0.2) is 0 Å². The molecule has 1 aromatic rings. The number of hydrogen-bond donors (Lipinski definition) is 1. The van der Waals surface area contributed by atoms with Crippen LogP contribution in [0.2, 0.25) is 0 Å². The highest BCUT2D eigenvalue weighted by Crippen LogP contribution is 2.31. The Morgan fingerprint density at radius 2 is 2.00 bits per heavy atom. The van der Waals surface area contributed by atoms with Gasteiger partial charge in [0.25, 0.3) is 0 Å². The summed E-state index contributed by atoms with van der Waals surface area (Å²) >= 11 is 0. The van der Waals surface area contributed by atoms with E-state index in [0.717, 1.165) is 18.4 Å². The van der Waals surface area contributed by atoms with Gasteiger partial charge in [-0.2, -0.15) is 4.31 Å². The van der Waals surface area contributed by atoms with Crippen LogP contribution in [0.15, 0.2) is 23.1 Å². The van der Waals surface area contributed by atoms with Gasteiger partial charge in [0.05, 0.1) is 5.69 Å². The molecular formula is C14H22N2O2S. The molecule has 0 saturated carbocycles. The van der Waals surface area contributed by atoms with E-state index in [4.69, 9.17) is 5.73 Å². The van der Waals surface area contributed by atoms with Crippen LogP contribution in [-0.4, -0.2) is 25.3 Å². The number of benzene rings is 1. The molecule has 0 aromatic heterocycles. The Kier molecular flexibility index (Phi) is 3.87. The van der Waals surface area contributed by atoms with Crippen LogP contribution in [0.3, 0.4) is 0 Å². The zero-order valence-electron chi connectivity index (χ0n) is 11.8. The molecule has 5 heteroatoms. The summed E-state index contributed by atoms with van der Waals surface area (Å²) in [5.41, 5.74) is 7.20. The third-order valence-electron chi connectivity index (χ3n) is 4.07. The number of anilines is 1. The molecule has 2 unspecified atom stereocenters. The van der Waals surface area contributed by atoms with E-state index in [1.54, 1.807) is 22.5 Å². The van der Waals surface area contributed by atoms with Crippen molar-refractivity contribution < 1.29 is 8.42 Å². The molecule has 1 saturated heterocycles. The summed E-state index contributed by atoms with van der Waals surface area (Å²) in [5, 5.41) is 0. The molecule has 4 nitrogen and oxygen atoms in total. The highest BCUT2D eigenvalue weighted by Gasteiger charge is 2.35. The molecule has 1 heterocycles. The zero-order chi connectivity index (χ0) is 14.2. The van der Waals surface area contributed by atoms with Crippen LogP contribution in [-0.2, 0) is 10.0 Å². The van der Waals surface area contributed by atoms with Crippen molar-refractivity contribution in [1.82, 2.24) is 4.31 Å². The number of aryl methyl sites for hydroxylation is 1. The summed E-state index contributed by atoms with van der Waals surface area (Å²) in [7, 11) is -3.48. The number of nitrogens with two attached hydrogens (primary N) is 1. The van der Waals surface area contributed by atoms with Crippen LogP contribution in [0.1, 0.15) is 32.3 Å². The zero-order valence-corrected chi connectivity index (χ0v) is 12.6. The molecule has 1 aliphatic rings. The van der Waals surface area contributed by atoms with Crippen molar-refractivity contribution in [2.75, 3.05) is 12.3 Å². The Balaban J connectivity index is 2.41. The average Bonchev–Trinajstić information content (AvgIpc) is 2.31. The number of piperidine rings is 1. The van der Waals surface area contributed by atoms with E-state index in [1.165, 1.54) is 0 Å². The van der Waals surface area contributed by atoms with E-state index in [1.807, 2.05) is 13.8 Å². The lowest BCUT2D eigenvalue weighted by molar-refractivity contribution is 0.202. The number of rotatable bonds is 2. The summed E-state index contributed by atoms with van der Waals surface area (Å²) in [6.45, 7) is 6.57. The largest absolute Gasteiger partial charge is 0.398 e. The van der Waals surface area contributed by atoms with Gasteiger partial charge in [0.1, 0.15) is 4.90 Å². The molecule has 0 aliphatic carbocycles. The molecule has 106 valence electrons. The van der Waals surface area contributed by atoms with Crippen molar-refractivity contribution in [3.63, 3.8) is 0 Å². The minimum Gasteiger partial charge on any atom is -0.398 e. The summed E-state index contributed by atoms with van der Waals surface area (Å²) in [5.74, 6) is 0.384. The van der Waals surface area contributed by atoms with Crippen molar-refractivity contribution in [2.24, 2.45) is 5.92 Å². The van der Waals surface area contributed by atoms with Gasteiger partial charge in [-0.15, -0.1) is 0 Å². The molecule has 2 N–H and O–H groups in total. The lowest BCUT2D eigenvalue weighted by Crippen LogP contribution is -2.46. The second-order valence-electron chi connectivity index (χ2n) is 5.52. The van der Waals surface area contributed by atoms with Crippen LogP contribution >= 0.6 is 0 Å². The molecular weight excluding hydrogens is 260 g/mol. The van der Waals surface area contributed by atoms with E-state index in [2.05, 4.69) is 6.92 Å². The monoisotopic (exact) mass is 282 g/mol. The van der Waals surface area contributed by atoms with Gasteiger partial charge in [0.2, 0.25) is 10.0 Å². The number of nitrogens with zero attached hydrogens (tertiary/aromatic N) is 1. The van der Waals surface area contributed by atoms with Gasteiger partial charge in [0, 0.05) is 12.6 Å². The standard InChI is InChI=1S/C14H22N2O2S/c1-10-6-7-14(13(15)9-10)19(17,18)16-8-4-5-11(2)12(16)3/h6-7,9,11-12H,4-5,8,15H2,1-3H3. The van der Waals surface area contributed by atoms with Gasteiger partial charge in [-0.25, -0.2) is 8.42 Å². The first-order chi connectivity index (χ1) is 8.84. The summed E-state index contributed by atoms with van der Waals surface area (Å²) < 4.78 is 27.0. The molecule has 1 fully saturated rings. The maximum Gasteiger partial charge on any atom is 0.245 e. The normalized spacial score (nSPS) is 25.4. The van der Waals surface area contributed by atoms with E-state index in [9.17, 15) is 8.42 Å². The van der Waals surface area contributed by atoms with Crippen LogP contribution in [0.4, 0.5) is 5.69 Å². The smallest absolute Gasteiger partial charge is 0.245 e. The Bertz CT molecular complexity index is 569. The Morgan fingerprint density at radius 3 is 2.63 bits per heavy atom. The second-order valence-corrected chi connectivity index (χ2v) is 7.38. The van der Waals surface area contributed by atoms with Crippen molar-refractivity contribution in [3.05, 3.63) is 23.8 Å². The average molecular weight is 282 g/mol. The minimum absolute atomic E-state index is 0.0273. The minimum atomic E-state index is -3.48. The van der Waals surface area contributed by atoms with Crippen LogP contribution in [0, 0.1) is 12.8 Å². The van der Waals surface area contributed by atoms with Gasteiger partial charge in [-0.3, -0.25) is 0 Å². The predicted molar refractivity (Wildman–Crippen MR) is 77.3 cm³/mol. The predicted octanol–water partition coefficient (Wildman–Crippen LogP) is 2.39. The van der Waals surface area contributed by atoms with Crippen molar-refractivity contribution in [1.29, 1.82) is 0 Å². The molecule has 2 atom stereocenters. The summed E-state index contributed by atoms with van der Waals surface area (Å²) in [4.78, 5) is 0.235. The third-order valence-corrected chi connectivity index (χ3v) is 6.13. The molecule has 1 aliphatic heterocycles. The first kappa shape index (κ1) is 14.3. The highest BCUT2D eigenvalue weighted by molar-refractivity contribution is 7.89. The van der Waals surface area contributed by atoms with E-state index in [0.29, 0.717) is 18.2 Å². The number of nitrogen functional groups attached to an aromatic ring is 1. The van der Waals surface area contributed by atoms with Crippen LogP contribution < -0.4 is 5.73 Å². The molecule has 0 spiro atoms. The maximum absolute atomic E-state index is 12.7. The van der Waals surface area contributed by atoms with Crippen molar-refractivity contribution in [3.8, 4) is 0 Å². The Hall–Kier alpha value is -1.07. The fourth-order valence-electron chi connectivity index (χ4n) is 2.67. The Morgan fingerprint density at radius 1 is 1.32 bits per heavy atom. The van der Waals surface area contributed by atoms with Gasteiger partial charge >= 0.3 is 0 Å². The first-order valence-corrected chi connectivity index (χ1v) is 8.16. The molecule has 19 heavy (non-hydrogen) atoms. The summed E-state index contributed by atoms with van der Waals surface area (Å²) in [6, 6.07) is 5.15. The molecule has 1 aromatic carbocycles. The fraction of sp³-hybridized carbons (Fsp3) is 0.571. The quantitative estimate of drug-likeness (QED) is 0.847. The topological polar surface area (TPSA) is 63.4 Å². The van der Waals surface area contributed by atoms with Gasteiger partial charge < -0.3 is 5.73 Å². The molecule has 0 radical (unpaired) electrons. The maximum atomic E-state index is 12.7. The molecule has 0 amide bonds. The lowest BCUT2D eigenvalue weighted by atomic mass is 9.94. The summed E-state index contributed by atoms with van der Waals surface area (Å²) in [6.07, 6.45) is 1.99. The Labute approximate surface area is 115 Å². The highest BCUT2D eigenvalue weighted by atomic mass is 32.2. The van der Waals surface area contributed by atoms with Crippen LogP contribution in [0.25, 0.3) is 0 Å². The van der Waals surface area contributed by atoms with Crippen molar-refractivity contribution in [2.45, 2.75) is 44.6 Å². The SMILES string of the molecule is Cc1ccc(S(=O)(=O)N2CCCC(C)C2C)c(N)c1. The number of sulfonamides is 1. The fourth-order valence-corrected chi connectivity index (χ4v) is 4.53. The van der Waals surface area contributed by atoms with E-state index in [-0.39, 0.29) is 10.9 Å². The van der Waals surface area contributed by atoms with Gasteiger partial charge in [-0.1, -0.05) is 13.0 Å². The van der Waals surface area contributed by atoms with Crippen molar-refractivity contribution >= 4 is 15.7 Å². The third kappa shape index (κ3) is 2.62. The van der Waals surface area contributed by atoms with E-state index >= 15 is 0 Å². The second kappa shape index (κ2) is 5.13.